The van der Waals surface area contributed by atoms with Gasteiger partial charge in [-0.3, -0.25) is 4.79 Å². The summed E-state index contributed by atoms with van der Waals surface area (Å²) in [6.07, 6.45) is 3.39. The second kappa shape index (κ2) is 6.37. The molecule has 2 aliphatic rings. The monoisotopic (exact) mass is 304 g/mol. The van der Waals surface area contributed by atoms with Crippen LogP contribution in [0.3, 0.4) is 0 Å². The van der Waals surface area contributed by atoms with E-state index in [9.17, 15) is 9.18 Å². The van der Waals surface area contributed by atoms with Gasteiger partial charge in [0.2, 0.25) is 5.91 Å². The van der Waals surface area contributed by atoms with Gasteiger partial charge in [-0.25, -0.2) is 4.39 Å². The Balaban J connectivity index is 1.73. The van der Waals surface area contributed by atoms with Crippen molar-refractivity contribution in [3.63, 3.8) is 0 Å². The summed E-state index contributed by atoms with van der Waals surface area (Å²) in [4.78, 5) is 13.7. The van der Waals surface area contributed by atoms with Crippen LogP contribution in [0.15, 0.2) is 18.2 Å². The number of nitrogens with zero attached hydrogens (tertiary/aromatic N) is 1. The highest BCUT2D eigenvalue weighted by atomic mass is 19.1. The first-order valence-electron chi connectivity index (χ1n) is 8.41. The minimum absolute atomic E-state index is 0.0783. The molecular weight excluding hydrogens is 279 g/mol. The van der Waals surface area contributed by atoms with Crippen molar-refractivity contribution >= 4 is 5.91 Å². The molecule has 1 amide bonds. The molecule has 1 heterocycles. The molecule has 0 aromatic heterocycles. The van der Waals surface area contributed by atoms with E-state index in [2.05, 4.69) is 18.3 Å². The maximum absolute atomic E-state index is 14.0. The van der Waals surface area contributed by atoms with Crippen LogP contribution in [0.4, 0.5) is 4.39 Å². The van der Waals surface area contributed by atoms with Crippen molar-refractivity contribution in [1.29, 1.82) is 0 Å². The molecule has 3 rings (SSSR count). The molecule has 1 N–H and O–H groups in total. The van der Waals surface area contributed by atoms with Gasteiger partial charge in [0.05, 0.1) is 0 Å². The van der Waals surface area contributed by atoms with Crippen LogP contribution in [-0.4, -0.2) is 29.9 Å². The zero-order chi connectivity index (χ0) is 15.7. The highest BCUT2D eigenvalue weighted by molar-refractivity contribution is 5.76. The fourth-order valence-corrected chi connectivity index (χ4v) is 3.83. The summed E-state index contributed by atoms with van der Waals surface area (Å²) in [5.41, 5.74) is 1.98. The molecule has 22 heavy (non-hydrogen) atoms. The number of benzene rings is 1. The summed E-state index contributed by atoms with van der Waals surface area (Å²) in [7, 11) is 0. The normalized spacial score (nSPS) is 27.8. The molecule has 0 bridgehead atoms. The van der Waals surface area contributed by atoms with Gasteiger partial charge in [-0.15, -0.1) is 0 Å². The second-order valence-corrected chi connectivity index (χ2v) is 6.65. The highest BCUT2D eigenvalue weighted by Gasteiger charge is 2.32. The number of carbonyl (C=O) groups excluding carboxylic acids is 1. The molecule has 120 valence electrons. The van der Waals surface area contributed by atoms with Crippen LogP contribution in [0.25, 0.3) is 0 Å². The van der Waals surface area contributed by atoms with E-state index in [1.54, 1.807) is 6.07 Å². The van der Waals surface area contributed by atoms with Gasteiger partial charge in [-0.2, -0.15) is 0 Å². The van der Waals surface area contributed by atoms with Crippen molar-refractivity contribution in [1.82, 2.24) is 10.2 Å². The van der Waals surface area contributed by atoms with Crippen LogP contribution in [0.1, 0.15) is 50.3 Å². The number of halogens is 1. The van der Waals surface area contributed by atoms with Crippen LogP contribution < -0.4 is 5.32 Å². The third-order valence-corrected chi connectivity index (χ3v) is 5.17. The van der Waals surface area contributed by atoms with Crippen molar-refractivity contribution in [3.8, 4) is 0 Å². The van der Waals surface area contributed by atoms with Crippen molar-refractivity contribution < 1.29 is 9.18 Å². The van der Waals surface area contributed by atoms with E-state index in [-0.39, 0.29) is 17.8 Å². The van der Waals surface area contributed by atoms with Gasteiger partial charge in [0, 0.05) is 31.6 Å². The Kier molecular flexibility index (Phi) is 4.48. The van der Waals surface area contributed by atoms with Crippen molar-refractivity contribution in [2.24, 2.45) is 5.92 Å². The lowest BCUT2D eigenvalue weighted by atomic mass is 9.80. The highest BCUT2D eigenvalue weighted by Crippen LogP contribution is 2.36. The lowest BCUT2D eigenvalue weighted by molar-refractivity contribution is -0.129. The molecule has 3 atom stereocenters. The first kappa shape index (κ1) is 15.5. The second-order valence-electron chi connectivity index (χ2n) is 6.65. The maximum atomic E-state index is 14.0. The number of amides is 1. The Bertz CT molecular complexity index is 560. The molecule has 0 saturated carbocycles. The predicted molar refractivity (Wildman–Crippen MR) is 85.0 cm³/mol. The maximum Gasteiger partial charge on any atom is 0.222 e. The van der Waals surface area contributed by atoms with E-state index in [1.807, 2.05) is 17.9 Å². The molecule has 3 nitrogen and oxygen atoms in total. The summed E-state index contributed by atoms with van der Waals surface area (Å²) < 4.78 is 14.0. The third kappa shape index (κ3) is 2.89. The van der Waals surface area contributed by atoms with Crippen LogP contribution in [0.2, 0.25) is 0 Å². The van der Waals surface area contributed by atoms with Gasteiger partial charge in [0.1, 0.15) is 5.82 Å². The van der Waals surface area contributed by atoms with Gasteiger partial charge >= 0.3 is 0 Å². The first-order valence-corrected chi connectivity index (χ1v) is 8.41. The van der Waals surface area contributed by atoms with E-state index < -0.39 is 0 Å². The molecule has 0 spiro atoms. The van der Waals surface area contributed by atoms with Gasteiger partial charge in [-0.05, 0) is 42.4 Å². The van der Waals surface area contributed by atoms with Gasteiger partial charge in [0.25, 0.3) is 0 Å². The van der Waals surface area contributed by atoms with Gasteiger partial charge in [-0.1, -0.05) is 26.0 Å². The Hall–Kier alpha value is -1.42. The summed E-state index contributed by atoms with van der Waals surface area (Å²) in [5, 5.41) is 3.70. The summed E-state index contributed by atoms with van der Waals surface area (Å²) in [6, 6.07) is 5.93. The quantitative estimate of drug-likeness (QED) is 0.931. The third-order valence-electron chi connectivity index (χ3n) is 5.17. The van der Waals surface area contributed by atoms with Crippen molar-refractivity contribution in [2.45, 2.75) is 51.6 Å². The molecule has 1 aliphatic carbocycles. The zero-order valence-corrected chi connectivity index (χ0v) is 13.4. The molecule has 0 unspecified atom stereocenters. The minimum Gasteiger partial charge on any atom is -0.341 e. The van der Waals surface area contributed by atoms with E-state index >= 15 is 0 Å². The van der Waals surface area contributed by atoms with Crippen molar-refractivity contribution in [2.75, 3.05) is 13.1 Å². The summed E-state index contributed by atoms with van der Waals surface area (Å²) >= 11 is 0. The van der Waals surface area contributed by atoms with Crippen LogP contribution in [0, 0.1) is 11.7 Å². The molecule has 1 aliphatic heterocycles. The first-order chi connectivity index (χ1) is 10.6. The van der Waals surface area contributed by atoms with Crippen molar-refractivity contribution in [3.05, 3.63) is 35.1 Å². The Morgan fingerprint density at radius 2 is 2.23 bits per heavy atom. The van der Waals surface area contributed by atoms with Gasteiger partial charge in [0.15, 0.2) is 0 Å². The van der Waals surface area contributed by atoms with E-state index in [0.29, 0.717) is 18.4 Å². The standard InChI is InChI=1S/C18H25FN2O/c1-3-17(22)21-10-9-13(11-21)20-18-12(2)7-8-14-15(18)5-4-6-16(14)19/h4-6,12-13,18,20H,3,7-11H2,1-2H3/t12-,13+,18-/m1/s1. The van der Waals surface area contributed by atoms with Crippen LogP contribution >= 0.6 is 0 Å². The number of likely N-dealkylation sites (tertiary alicyclic amines) is 1. The number of nitrogens with one attached hydrogen (secondary N) is 1. The minimum atomic E-state index is -0.0783. The summed E-state index contributed by atoms with van der Waals surface area (Å²) in [6.45, 7) is 5.75. The predicted octanol–water partition coefficient (Wildman–Crippen LogP) is 3.05. The topological polar surface area (TPSA) is 32.3 Å². The average molecular weight is 304 g/mol. The fraction of sp³-hybridized carbons (Fsp3) is 0.611. The molecule has 4 heteroatoms. The van der Waals surface area contributed by atoms with Crippen LogP contribution in [-0.2, 0) is 11.2 Å². The number of fused-ring (bicyclic) bond motifs is 1. The fourth-order valence-electron chi connectivity index (χ4n) is 3.83. The molecule has 1 saturated heterocycles. The smallest absolute Gasteiger partial charge is 0.222 e. The lowest BCUT2D eigenvalue weighted by Gasteiger charge is -2.34. The number of hydrogen-bond acceptors (Lipinski definition) is 2. The molecular formula is C18H25FN2O. The van der Waals surface area contributed by atoms with E-state index in [1.165, 1.54) is 0 Å². The molecule has 1 fully saturated rings. The van der Waals surface area contributed by atoms with Gasteiger partial charge < -0.3 is 10.2 Å². The largest absolute Gasteiger partial charge is 0.341 e. The Morgan fingerprint density at radius 1 is 1.41 bits per heavy atom. The zero-order valence-electron chi connectivity index (χ0n) is 13.4. The van der Waals surface area contributed by atoms with E-state index in [4.69, 9.17) is 0 Å². The summed E-state index contributed by atoms with van der Waals surface area (Å²) in [5.74, 6) is 0.642. The number of rotatable bonds is 3. The Morgan fingerprint density at radius 3 is 3.00 bits per heavy atom. The number of hydrogen-bond donors (Lipinski definition) is 1. The molecule has 0 radical (unpaired) electrons. The number of carbonyl (C=O) groups is 1. The van der Waals surface area contributed by atoms with Crippen LogP contribution in [0.5, 0.6) is 0 Å². The SMILES string of the molecule is CCC(=O)N1CC[C@H](N[C@H]2c3cccc(F)c3CC[C@H]2C)C1. The molecule has 1 aromatic carbocycles. The lowest BCUT2D eigenvalue weighted by Crippen LogP contribution is -2.40. The van der Waals surface area contributed by atoms with E-state index in [0.717, 1.165) is 43.5 Å². The molecule has 1 aromatic rings. The average Bonchev–Trinajstić information content (AvgIpc) is 2.98. The Labute approximate surface area is 131 Å².